The summed E-state index contributed by atoms with van der Waals surface area (Å²) in [5.74, 6) is 0.364. The summed E-state index contributed by atoms with van der Waals surface area (Å²) in [5.41, 5.74) is 1.62. The Bertz CT molecular complexity index is 911. The van der Waals surface area contributed by atoms with Crippen LogP contribution in [0, 0.1) is 6.92 Å². The van der Waals surface area contributed by atoms with E-state index in [4.69, 9.17) is 0 Å². The largest absolute Gasteiger partial charge is 0.408 e. The molecule has 0 fully saturated rings. The van der Waals surface area contributed by atoms with Crippen LogP contribution in [0.3, 0.4) is 0 Å². The Labute approximate surface area is 128 Å². The van der Waals surface area contributed by atoms with Gasteiger partial charge < -0.3 is 4.98 Å². The number of halogens is 3. The Morgan fingerprint density at radius 3 is 2.78 bits per heavy atom. The van der Waals surface area contributed by atoms with Crippen LogP contribution in [0.25, 0.3) is 10.9 Å². The molecule has 120 valence electrons. The maximum atomic E-state index is 12.3. The van der Waals surface area contributed by atoms with Crippen LogP contribution < -0.4 is 5.56 Å². The first-order valence-corrected chi connectivity index (χ1v) is 6.89. The number of hydrogen-bond donors (Lipinski definition) is 1. The molecule has 0 saturated carbocycles. The van der Waals surface area contributed by atoms with Gasteiger partial charge in [0.1, 0.15) is 12.4 Å². The monoisotopic (exact) mass is 322 g/mol. The first-order valence-electron chi connectivity index (χ1n) is 6.89. The molecule has 8 heteroatoms. The average Bonchev–Trinajstić information content (AvgIpc) is 2.84. The zero-order valence-electron chi connectivity index (χ0n) is 12.2. The molecule has 0 bridgehead atoms. The van der Waals surface area contributed by atoms with Crippen molar-refractivity contribution < 1.29 is 13.2 Å². The second-order valence-electron chi connectivity index (χ2n) is 5.33. The summed E-state index contributed by atoms with van der Waals surface area (Å²) in [7, 11) is 0. The molecule has 1 aromatic carbocycles. The number of aryl methyl sites for hydroxylation is 1. The van der Waals surface area contributed by atoms with Crippen molar-refractivity contribution in [2.24, 2.45) is 0 Å². The molecule has 0 aliphatic heterocycles. The lowest BCUT2D eigenvalue weighted by atomic mass is 10.1. The zero-order valence-corrected chi connectivity index (χ0v) is 12.2. The Morgan fingerprint density at radius 2 is 2.04 bits per heavy atom. The molecule has 3 aromatic rings. The van der Waals surface area contributed by atoms with Crippen LogP contribution in [0.1, 0.15) is 17.1 Å². The van der Waals surface area contributed by atoms with Gasteiger partial charge in [-0.2, -0.15) is 18.3 Å². The van der Waals surface area contributed by atoms with Crippen LogP contribution in [0.2, 0.25) is 0 Å². The molecule has 0 atom stereocenters. The van der Waals surface area contributed by atoms with Crippen LogP contribution in [-0.4, -0.2) is 25.9 Å². The van der Waals surface area contributed by atoms with E-state index in [1.165, 1.54) is 12.3 Å². The number of hydrogen-bond acceptors (Lipinski definition) is 3. The number of alkyl halides is 3. The maximum Gasteiger partial charge on any atom is 0.408 e. The summed E-state index contributed by atoms with van der Waals surface area (Å²) in [6.07, 6.45) is -2.91. The predicted molar refractivity (Wildman–Crippen MR) is 78.2 cm³/mol. The topological polar surface area (TPSA) is 63.6 Å². The Balaban J connectivity index is 1.87. The van der Waals surface area contributed by atoms with E-state index < -0.39 is 12.7 Å². The smallest absolute Gasteiger partial charge is 0.310 e. The highest BCUT2D eigenvalue weighted by atomic mass is 19.4. The lowest BCUT2D eigenvalue weighted by Crippen LogP contribution is -2.18. The van der Waals surface area contributed by atoms with Gasteiger partial charge in [-0.3, -0.25) is 9.48 Å². The van der Waals surface area contributed by atoms with E-state index in [2.05, 4.69) is 15.1 Å². The molecule has 2 aromatic heterocycles. The summed E-state index contributed by atoms with van der Waals surface area (Å²) in [6.45, 7) is 0.730. The van der Waals surface area contributed by atoms with Gasteiger partial charge in [0.2, 0.25) is 0 Å². The summed E-state index contributed by atoms with van der Waals surface area (Å²) in [4.78, 5) is 19.0. The summed E-state index contributed by atoms with van der Waals surface area (Å²) in [5, 5.41) is 4.33. The van der Waals surface area contributed by atoms with Gasteiger partial charge in [0.25, 0.3) is 5.56 Å². The fourth-order valence-corrected chi connectivity index (χ4v) is 2.33. The van der Waals surface area contributed by atoms with Gasteiger partial charge >= 0.3 is 6.18 Å². The number of benzene rings is 1. The third-order valence-corrected chi connectivity index (χ3v) is 3.30. The molecule has 1 N–H and O–H groups in total. The van der Waals surface area contributed by atoms with Gasteiger partial charge in [-0.05, 0) is 25.1 Å². The highest BCUT2D eigenvalue weighted by Gasteiger charge is 2.28. The Morgan fingerprint density at radius 1 is 1.26 bits per heavy atom. The van der Waals surface area contributed by atoms with Crippen LogP contribution in [0.5, 0.6) is 0 Å². The molecule has 2 heterocycles. The minimum absolute atomic E-state index is 0.157. The van der Waals surface area contributed by atoms with Gasteiger partial charge in [0, 0.05) is 6.20 Å². The second-order valence-corrected chi connectivity index (χ2v) is 5.33. The number of rotatable bonds is 3. The standard InChI is InChI=1S/C15H13F3N4O/c1-9-2-3-12-11(6-9)14(23)20-13(19-12)7-10-4-5-22(21-10)8-15(16,17)18/h2-6H,7-8H2,1H3,(H,19,20,23). The van der Waals surface area contributed by atoms with Crippen molar-refractivity contribution in [3.63, 3.8) is 0 Å². The van der Waals surface area contributed by atoms with Gasteiger partial charge in [-0.1, -0.05) is 11.6 Å². The van der Waals surface area contributed by atoms with Crippen molar-refractivity contribution in [3.8, 4) is 0 Å². The summed E-state index contributed by atoms with van der Waals surface area (Å²) < 4.78 is 37.8. The van der Waals surface area contributed by atoms with Gasteiger partial charge in [0.15, 0.2) is 0 Å². The predicted octanol–water partition coefficient (Wildman–Crippen LogP) is 2.58. The third kappa shape index (κ3) is 3.58. The number of aromatic nitrogens is 4. The minimum Gasteiger partial charge on any atom is -0.310 e. The lowest BCUT2D eigenvalue weighted by molar-refractivity contribution is -0.142. The van der Waals surface area contributed by atoms with E-state index >= 15 is 0 Å². The normalized spacial score (nSPS) is 12.0. The molecule has 0 spiro atoms. The average molecular weight is 322 g/mol. The minimum atomic E-state index is -4.32. The molecular weight excluding hydrogens is 309 g/mol. The summed E-state index contributed by atoms with van der Waals surface area (Å²) >= 11 is 0. The first-order chi connectivity index (χ1) is 10.8. The number of nitrogens with zero attached hydrogens (tertiary/aromatic N) is 3. The molecule has 0 radical (unpaired) electrons. The summed E-state index contributed by atoms with van der Waals surface area (Å²) in [6, 6.07) is 6.80. The fourth-order valence-electron chi connectivity index (χ4n) is 2.33. The first kappa shape index (κ1) is 15.3. The van der Waals surface area contributed by atoms with E-state index in [0.717, 1.165) is 10.2 Å². The zero-order chi connectivity index (χ0) is 16.6. The molecule has 0 saturated heterocycles. The van der Waals surface area contributed by atoms with Crippen molar-refractivity contribution >= 4 is 10.9 Å². The van der Waals surface area contributed by atoms with Crippen LogP contribution >= 0.6 is 0 Å². The number of fused-ring (bicyclic) bond motifs is 1. The molecule has 0 aliphatic carbocycles. The maximum absolute atomic E-state index is 12.3. The quantitative estimate of drug-likeness (QED) is 0.806. The van der Waals surface area contributed by atoms with E-state index in [9.17, 15) is 18.0 Å². The van der Waals surface area contributed by atoms with Crippen molar-refractivity contribution in [2.75, 3.05) is 0 Å². The molecule has 23 heavy (non-hydrogen) atoms. The molecule has 0 amide bonds. The van der Waals surface area contributed by atoms with Gasteiger partial charge in [-0.25, -0.2) is 4.98 Å². The molecular formula is C15H13F3N4O. The van der Waals surface area contributed by atoms with Gasteiger partial charge in [0.05, 0.1) is 23.0 Å². The third-order valence-electron chi connectivity index (χ3n) is 3.30. The van der Waals surface area contributed by atoms with Crippen molar-refractivity contribution in [1.29, 1.82) is 0 Å². The Hall–Kier alpha value is -2.64. The number of aromatic amines is 1. The van der Waals surface area contributed by atoms with E-state index in [0.29, 0.717) is 22.4 Å². The van der Waals surface area contributed by atoms with Crippen molar-refractivity contribution in [1.82, 2.24) is 19.7 Å². The Kier molecular flexibility index (Phi) is 3.67. The number of nitrogens with one attached hydrogen (secondary N) is 1. The molecule has 3 rings (SSSR count). The number of H-pyrrole nitrogens is 1. The van der Waals surface area contributed by atoms with Crippen molar-refractivity contribution in [2.45, 2.75) is 26.1 Å². The van der Waals surface area contributed by atoms with Crippen LogP contribution in [0.15, 0.2) is 35.3 Å². The fraction of sp³-hybridized carbons (Fsp3) is 0.267. The van der Waals surface area contributed by atoms with Crippen LogP contribution in [-0.2, 0) is 13.0 Å². The van der Waals surface area contributed by atoms with E-state index in [1.54, 1.807) is 12.1 Å². The highest BCUT2D eigenvalue weighted by Crippen LogP contribution is 2.17. The van der Waals surface area contributed by atoms with E-state index in [-0.39, 0.29) is 12.0 Å². The van der Waals surface area contributed by atoms with Crippen molar-refractivity contribution in [3.05, 3.63) is 57.9 Å². The van der Waals surface area contributed by atoms with E-state index in [1.807, 2.05) is 13.0 Å². The van der Waals surface area contributed by atoms with Crippen LogP contribution in [0.4, 0.5) is 13.2 Å². The highest BCUT2D eigenvalue weighted by molar-refractivity contribution is 5.78. The molecule has 0 unspecified atom stereocenters. The molecule has 0 aliphatic rings. The SMILES string of the molecule is Cc1ccc2nc(Cc3ccn(CC(F)(F)F)n3)[nH]c(=O)c2c1. The lowest BCUT2D eigenvalue weighted by Gasteiger charge is -2.05. The second kappa shape index (κ2) is 5.53. The van der Waals surface area contributed by atoms with Gasteiger partial charge in [-0.15, -0.1) is 0 Å². The molecule has 5 nitrogen and oxygen atoms in total.